The van der Waals surface area contributed by atoms with Gasteiger partial charge in [0.2, 0.25) is 10.0 Å². The summed E-state index contributed by atoms with van der Waals surface area (Å²) in [7, 11) is -3.47. The molecular formula is C11H13ClN2O4S. The number of alkyl halides is 1. The van der Waals surface area contributed by atoms with Crippen molar-refractivity contribution in [3.05, 3.63) is 18.2 Å². The zero-order valence-electron chi connectivity index (χ0n) is 10.1. The third-order valence-corrected chi connectivity index (χ3v) is 4.23. The number of sulfonamides is 1. The summed E-state index contributed by atoms with van der Waals surface area (Å²) in [5.41, 5.74) is 0.788. The van der Waals surface area contributed by atoms with Crippen LogP contribution < -0.4 is 14.8 Å². The number of halogens is 1. The van der Waals surface area contributed by atoms with Crippen molar-refractivity contribution in [2.45, 2.75) is 13.0 Å². The molecule has 0 fully saturated rings. The minimum absolute atomic E-state index is 0.0115. The molecule has 1 aliphatic rings. The molecule has 0 saturated carbocycles. The fourth-order valence-electron chi connectivity index (χ4n) is 1.60. The monoisotopic (exact) mass is 304 g/mol. The van der Waals surface area contributed by atoms with E-state index in [9.17, 15) is 13.2 Å². The lowest BCUT2D eigenvalue weighted by molar-refractivity contribution is -0.122. The van der Waals surface area contributed by atoms with E-state index in [2.05, 4.69) is 10.0 Å². The van der Waals surface area contributed by atoms with Gasteiger partial charge in [0.15, 0.2) is 6.10 Å². The SMILES string of the molecule is CC1Oc2ccc(NS(=O)(=O)CCCl)cc2NC1=O. The van der Waals surface area contributed by atoms with Crippen LogP contribution in [0.2, 0.25) is 0 Å². The van der Waals surface area contributed by atoms with Crippen LogP contribution in [0.4, 0.5) is 11.4 Å². The number of hydrogen-bond acceptors (Lipinski definition) is 4. The standard InChI is InChI=1S/C11H13ClN2O4S/c1-7-11(15)13-9-6-8(2-3-10(9)18-7)14-19(16,17)5-4-12/h2-3,6-7,14H,4-5H2,1H3,(H,13,15). The molecule has 0 saturated heterocycles. The smallest absolute Gasteiger partial charge is 0.265 e. The molecule has 104 valence electrons. The number of hydrogen-bond donors (Lipinski definition) is 2. The Morgan fingerprint density at radius 2 is 2.21 bits per heavy atom. The van der Waals surface area contributed by atoms with Gasteiger partial charge >= 0.3 is 0 Å². The number of carbonyl (C=O) groups is 1. The number of anilines is 2. The maximum absolute atomic E-state index is 11.6. The van der Waals surface area contributed by atoms with Gasteiger partial charge in [-0.2, -0.15) is 0 Å². The zero-order chi connectivity index (χ0) is 14.0. The second-order valence-corrected chi connectivity index (χ2v) is 6.29. The number of fused-ring (bicyclic) bond motifs is 1. The highest BCUT2D eigenvalue weighted by Crippen LogP contribution is 2.32. The van der Waals surface area contributed by atoms with Gasteiger partial charge in [-0.1, -0.05) is 0 Å². The highest BCUT2D eigenvalue weighted by molar-refractivity contribution is 7.92. The first-order valence-corrected chi connectivity index (χ1v) is 7.78. The molecule has 0 aromatic heterocycles. The van der Waals surface area contributed by atoms with Gasteiger partial charge in [-0.25, -0.2) is 8.42 Å². The van der Waals surface area contributed by atoms with Crippen LogP contribution in [0.25, 0.3) is 0 Å². The highest BCUT2D eigenvalue weighted by atomic mass is 35.5. The van der Waals surface area contributed by atoms with Crippen molar-refractivity contribution < 1.29 is 17.9 Å². The maximum atomic E-state index is 11.6. The lowest BCUT2D eigenvalue weighted by atomic mass is 10.2. The van der Waals surface area contributed by atoms with Crippen molar-refractivity contribution in [3.8, 4) is 5.75 Å². The average molecular weight is 305 g/mol. The van der Waals surface area contributed by atoms with Gasteiger partial charge in [-0.3, -0.25) is 9.52 Å². The third-order valence-electron chi connectivity index (χ3n) is 2.53. The molecular weight excluding hydrogens is 292 g/mol. The number of ether oxygens (including phenoxy) is 1. The predicted octanol–water partition coefficient (Wildman–Crippen LogP) is 1.39. The van der Waals surface area contributed by atoms with Gasteiger partial charge in [0.1, 0.15) is 5.75 Å². The first-order chi connectivity index (χ1) is 8.91. The number of amides is 1. The second kappa shape index (κ2) is 5.26. The highest BCUT2D eigenvalue weighted by Gasteiger charge is 2.23. The van der Waals surface area contributed by atoms with E-state index in [1.165, 1.54) is 6.07 Å². The van der Waals surface area contributed by atoms with Crippen LogP contribution in [-0.4, -0.2) is 32.1 Å². The van der Waals surface area contributed by atoms with E-state index in [4.69, 9.17) is 16.3 Å². The van der Waals surface area contributed by atoms with E-state index in [1.54, 1.807) is 19.1 Å². The molecule has 0 spiro atoms. The summed E-state index contributed by atoms with van der Waals surface area (Å²) in [6.07, 6.45) is -0.564. The molecule has 1 heterocycles. The van der Waals surface area contributed by atoms with E-state index in [0.717, 1.165) is 0 Å². The van der Waals surface area contributed by atoms with Gasteiger partial charge in [0.25, 0.3) is 5.91 Å². The molecule has 1 aliphatic heterocycles. The molecule has 1 aromatic rings. The molecule has 0 bridgehead atoms. The molecule has 1 unspecified atom stereocenters. The minimum atomic E-state index is -3.47. The van der Waals surface area contributed by atoms with Gasteiger partial charge in [-0.05, 0) is 25.1 Å². The minimum Gasteiger partial charge on any atom is -0.479 e. The number of rotatable bonds is 4. The molecule has 1 aromatic carbocycles. The number of carbonyl (C=O) groups excluding carboxylic acids is 1. The van der Waals surface area contributed by atoms with Crippen molar-refractivity contribution >= 4 is 38.9 Å². The quantitative estimate of drug-likeness (QED) is 0.823. The molecule has 19 heavy (non-hydrogen) atoms. The lowest BCUT2D eigenvalue weighted by Crippen LogP contribution is -2.34. The molecule has 1 amide bonds. The Labute approximate surface area is 116 Å². The van der Waals surface area contributed by atoms with Crippen molar-refractivity contribution in [1.29, 1.82) is 0 Å². The zero-order valence-corrected chi connectivity index (χ0v) is 11.7. The Balaban J connectivity index is 2.23. The molecule has 1 atom stereocenters. The third kappa shape index (κ3) is 3.30. The van der Waals surface area contributed by atoms with Crippen LogP contribution in [0.5, 0.6) is 5.75 Å². The fourth-order valence-corrected chi connectivity index (χ4v) is 3.01. The van der Waals surface area contributed by atoms with Gasteiger partial charge in [-0.15, -0.1) is 11.6 Å². The summed E-state index contributed by atoms with van der Waals surface area (Å²) in [6.45, 7) is 1.63. The lowest BCUT2D eigenvalue weighted by Gasteiger charge is -2.23. The van der Waals surface area contributed by atoms with Crippen molar-refractivity contribution in [3.63, 3.8) is 0 Å². The normalized spacial score (nSPS) is 18.2. The van der Waals surface area contributed by atoms with E-state index in [-0.39, 0.29) is 17.5 Å². The molecule has 2 N–H and O–H groups in total. The summed E-state index contributed by atoms with van der Waals surface area (Å²) in [5, 5.41) is 2.64. The molecule has 0 radical (unpaired) electrons. The van der Waals surface area contributed by atoms with Crippen LogP contribution in [0.1, 0.15) is 6.92 Å². The molecule has 2 rings (SSSR count). The van der Waals surface area contributed by atoms with Crippen LogP contribution in [0.15, 0.2) is 18.2 Å². The molecule has 6 nitrogen and oxygen atoms in total. The van der Waals surface area contributed by atoms with Crippen LogP contribution in [-0.2, 0) is 14.8 Å². The van der Waals surface area contributed by atoms with Crippen LogP contribution in [0.3, 0.4) is 0 Å². The van der Waals surface area contributed by atoms with Crippen LogP contribution >= 0.6 is 11.6 Å². The molecule has 8 heteroatoms. The first kappa shape index (κ1) is 14.0. The van der Waals surface area contributed by atoms with Crippen molar-refractivity contribution in [2.75, 3.05) is 21.7 Å². The summed E-state index contributed by atoms with van der Waals surface area (Å²) in [6, 6.07) is 4.67. The van der Waals surface area contributed by atoms with Gasteiger partial charge < -0.3 is 10.1 Å². The Morgan fingerprint density at radius 3 is 2.89 bits per heavy atom. The Kier molecular flexibility index (Phi) is 3.86. The predicted molar refractivity (Wildman–Crippen MR) is 73.3 cm³/mol. The summed E-state index contributed by atoms with van der Waals surface area (Å²) >= 11 is 5.41. The fraction of sp³-hybridized carbons (Fsp3) is 0.364. The maximum Gasteiger partial charge on any atom is 0.265 e. The summed E-state index contributed by atoms with van der Waals surface area (Å²) < 4.78 is 30.9. The Bertz CT molecular complexity index is 603. The topological polar surface area (TPSA) is 84.5 Å². The van der Waals surface area contributed by atoms with E-state index in [1.807, 2.05) is 0 Å². The summed E-state index contributed by atoms with van der Waals surface area (Å²) in [4.78, 5) is 11.5. The Morgan fingerprint density at radius 1 is 1.47 bits per heavy atom. The number of nitrogens with one attached hydrogen (secondary N) is 2. The van der Waals surface area contributed by atoms with Crippen molar-refractivity contribution in [1.82, 2.24) is 0 Å². The van der Waals surface area contributed by atoms with E-state index < -0.39 is 16.1 Å². The van der Waals surface area contributed by atoms with E-state index in [0.29, 0.717) is 17.1 Å². The Hall–Kier alpha value is -1.47. The van der Waals surface area contributed by atoms with Gasteiger partial charge in [0.05, 0.1) is 17.1 Å². The van der Waals surface area contributed by atoms with E-state index >= 15 is 0 Å². The second-order valence-electron chi connectivity index (χ2n) is 4.07. The average Bonchev–Trinajstić information content (AvgIpc) is 2.30. The first-order valence-electron chi connectivity index (χ1n) is 5.59. The summed E-state index contributed by atoms with van der Waals surface area (Å²) in [5.74, 6) is 0.0732. The van der Waals surface area contributed by atoms with Gasteiger partial charge in [0, 0.05) is 5.88 Å². The number of benzene rings is 1. The molecule has 0 aliphatic carbocycles. The van der Waals surface area contributed by atoms with Crippen LogP contribution in [0, 0.1) is 0 Å². The van der Waals surface area contributed by atoms with Crippen molar-refractivity contribution in [2.24, 2.45) is 0 Å². The largest absolute Gasteiger partial charge is 0.479 e.